The fraction of sp³-hybridized carbons (Fsp3) is 0.625. The minimum atomic E-state index is -1.00. The summed E-state index contributed by atoms with van der Waals surface area (Å²) < 4.78 is 5.65. The zero-order valence-corrected chi connectivity index (χ0v) is 22.9. The monoisotopic (exact) mass is 540 g/mol. The minimum Gasteiger partial charge on any atom is -0.456 e. The molecule has 0 aromatic heterocycles. The Morgan fingerprint density at radius 3 is 2.28 bits per heavy atom. The molecule has 4 atom stereocenters. The number of hydrogen-bond acceptors (Lipinski definition) is 8. The second-order valence-corrected chi connectivity index (χ2v) is 11.9. The minimum absolute atomic E-state index is 0.0445. The highest BCUT2D eigenvalue weighted by atomic mass is 33.1. The number of carbonyl (C=O) groups is 5. The largest absolute Gasteiger partial charge is 0.456 e. The summed E-state index contributed by atoms with van der Waals surface area (Å²) in [7, 11) is 2.95. The lowest BCUT2D eigenvalue weighted by Crippen LogP contribution is -2.57. The average molecular weight is 541 g/mol. The molecule has 1 saturated heterocycles. The lowest BCUT2D eigenvalue weighted by atomic mass is 10.0. The van der Waals surface area contributed by atoms with E-state index in [9.17, 15) is 24.0 Å². The van der Waals surface area contributed by atoms with Crippen LogP contribution in [0.15, 0.2) is 23.9 Å². The summed E-state index contributed by atoms with van der Waals surface area (Å²) in [5, 5.41) is 10.7. The van der Waals surface area contributed by atoms with Crippen LogP contribution in [-0.2, 0) is 28.7 Å². The first-order chi connectivity index (χ1) is 17.0. The lowest BCUT2D eigenvalue weighted by molar-refractivity contribution is -0.153. The van der Waals surface area contributed by atoms with Gasteiger partial charge < -0.3 is 26.0 Å². The quantitative estimate of drug-likeness (QED) is 0.178. The molecule has 2 bridgehead atoms. The van der Waals surface area contributed by atoms with Gasteiger partial charge in [-0.05, 0) is 31.3 Å². The van der Waals surface area contributed by atoms with Crippen LogP contribution in [0, 0.1) is 11.8 Å². The van der Waals surface area contributed by atoms with Crippen LogP contribution in [0.4, 0.5) is 0 Å². The number of rotatable bonds is 2. The molecule has 12 heteroatoms. The smallest absolute Gasteiger partial charge is 0.329 e. The SMILES string of the molecule is C/C=C1\NC(=O)C2CSSCC/C=C/C(CC(=O)NC(C(C)C)C(=O)N2)OC(=O)C(C(C)C)NC1=O. The van der Waals surface area contributed by atoms with E-state index in [4.69, 9.17) is 4.74 Å². The Hall–Kier alpha value is -2.47. The summed E-state index contributed by atoms with van der Waals surface area (Å²) in [5.74, 6) is -2.54. The topological polar surface area (TPSA) is 143 Å². The van der Waals surface area contributed by atoms with Gasteiger partial charge in [-0.2, -0.15) is 0 Å². The third-order valence-electron chi connectivity index (χ3n) is 5.59. The van der Waals surface area contributed by atoms with E-state index in [1.165, 1.54) is 27.7 Å². The first-order valence-electron chi connectivity index (χ1n) is 12.0. The first kappa shape index (κ1) is 29.8. The normalized spacial score (nSPS) is 29.6. The summed E-state index contributed by atoms with van der Waals surface area (Å²) in [6.07, 6.45) is 4.51. The number of hydrogen-bond donors (Lipinski definition) is 4. The molecule has 4 N–H and O–H groups in total. The molecule has 10 nitrogen and oxygen atoms in total. The average Bonchev–Trinajstić information content (AvgIpc) is 2.81. The summed E-state index contributed by atoms with van der Waals surface area (Å²) in [6, 6.07) is -2.86. The molecule has 4 amide bonds. The van der Waals surface area contributed by atoms with Crippen molar-refractivity contribution in [3.63, 3.8) is 0 Å². The summed E-state index contributed by atoms with van der Waals surface area (Å²) in [4.78, 5) is 65.2. The highest BCUT2D eigenvalue weighted by Crippen LogP contribution is 2.24. The lowest BCUT2D eigenvalue weighted by Gasteiger charge is -2.27. The predicted octanol–water partition coefficient (Wildman–Crippen LogP) is 1.43. The van der Waals surface area contributed by atoms with Crippen LogP contribution in [0.3, 0.4) is 0 Å². The van der Waals surface area contributed by atoms with E-state index in [0.29, 0.717) is 12.2 Å². The van der Waals surface area contributed by atoms with Crippen molar-refractivity contribution in [2.24, 2.45) is 11.8 Å². The van der Waals surface area contributed by atoms with Crippen LogP contribution in [0.5, 0.6) is 0 Å². The molecule has 2 rings (SSSR count). The number of nitrogens with one attached hydrogen (secondary N) is 4. The van der Waals surface area contributed by atoms with Gasteiger partial charge in [0.15, 0.2) is 0 Å². The number of carbonyl (C=O) groups excluding carboxylic acids is 5. The first-order valence-corrected chi connectivity index (χ1v) is 14.5. The predicted molar refractivity (Wildman–Crippen MR) is 141 cm³/mol. The van der Waals surface area contributed by atoms with Crippen molar-refractivity contribution in [2.45, 2.75) is 71.7 Å². The molecule has 0 spiro atoms. The Bertz CT molecular complexity index is 905. The molecule has 0 aromatic rings. The zero-order chi connectivity index (χ0) is 26.8. The summed E-state index contributed by atoms with van der Waals surface area (Å²) in [5.41, 5.74) is -0.0445. The fourth-order valence-electron chi connectivity index (χ4n) is 3.50. The molecule has 2 aliphatic rings. The summed E-state index contributed by atoms with van der Waals surface area (Å²) >= 11 is 0. The van der Waals surface area contributed by atoms with Crippen LogP contribution >= 0.6 is 21.6 Å². The van der Waals surface area contributed by atoms with E-state index < -0.39 is 53.8 Å². The zero-order valence-electron chi connectivity index (χ0n) is 21.3. The van der Waals surface area contributed by atoms with E-state index in [0.717, 1.165) is 0 Å². The van der Waals surface area contributed by atoms with Crippen molar-refractivity contribution < 1.29 is 28.7 Å². The van der Waals surface area contributed by atoms with Crippen LogP contribution < -0.4 is 21.3 Å². The number of amides is 4. The Kier molecular flexibility index (Phi) is 11.8. The van der Waals surface area contributed by atoms with Crippen molar-refractivity contribution in [3.05, 3.63) is 23.9 Å². The van der Waals surface area contributed by atoms with Gasteiger partial charge in [0.05, 0.1) is 6.42 Å². The van der Waals surface area contributed by atoms with Gasteiger partial charge in [-0.3, -0.25) is 19.2 Å². The van der Waals surface area contributed by atoms with E-state index in [1.54, 1.807) is 40.7 Å². The van der Waals surface area contributed by atoms with Gasteiger partial charge in [-0.25, -0.2) is 4.79 Å². The van der Waals surface area contributed by atoms with Crippen molar-refractivity contribution in [2.75, 3.05) is 11.5 Å². The Morgan fingerprint density at radius 1 is 0.944 bits per heavy atom. The van der Waals surface area contributed by atoms with Crippen molar-refractivity contribution >= 4 is 51.2 Å². The third-order valence-corrected chi connectivity index (χ3v) is 8.03. The van der Waals surface area contributed by atoms with Gasteiger partial charge >= 0.3 is 5.97 Å². The van der Waals surface area contributed by atoms with Crippen molar-refractivity contribution in [1.29, 1.82) is 0 Å². The van der Waals surface area contributed by atoms with E-state index in [1.807, 2.05) is 6.08 Å². The molecular weight excluding hydrogens is 504 g/mol. The molecule has 1 fully saturated rings. The maximum absolute atomic E-state index is 13.2. The molecule has 0 saturated carbocycles. The van der Waals surface area contributed by atoms with Gasteiger partial charge in [0.2, 0.25) is 17.7 Å². The van der Waals surface area contributed by atoms with Gasteiger partial charge in [0.25, 0.3) is 5.91 Å². The van der Waals surface area contributed by atoms with E-state index >= 15 is 0 Å². The highest BCUT2D eigenvalue weighted by molar-refractivity contribution is 8.76. The standard InChI is InChI=1S/C24H36N4O6S2/c1-6-16-21(30)28-20(14(4)5)24(33)34-15-9-7-8-10-35-36-12-17(22(31)25-16)26-23(32)19(13(2)3)27-18(29)11-15/h6-7,9,13-15,17,19-20H,8,10-12H2,1-5H3,(H,25,31)(H,26,32)(H,27,29)(H,28,30)/b9-7+,16-6-. The molecule has 0 radical (unpaired) electrons. The van der Waals surface area contributed by atoms with Gasteiger partial charge in [-0.1, -0.05) is 61.4 Å². The van der Waals surface area contributed by atoms with E-state index in [2.05, 4.69) is 21.3 Å². The van der Waals surface area contributed by atoms with E-state index in [-0.39, 0.29) is 29.7 Å². The highest BCUT2D eigenvalue weighted by Gasteiger charge is 2.33. The Balaban J connectivity index is 2.55. The Labute approximate surface area is 220 Å². The van der Waals surface area contributed by atoms with Gasteiger partial charge in [0, 0.05) is 11.5 Å². The maximum atomic E-state index is 13.2. The molecule has 4 unspecified atom stereocenters. The van der Waals surface area contributed by atoms with Crippen LogP contribution in [0.2, 0.25) is 0 Å². The van der Waals surface area contributed by atoms with Gasteiger partial charge in [-0.15, -0.1) is 0 Å². The second kappa shape index (κ2) is 14.3. The molecule has 0 aliphatic carbocycles. The molecule has 200 valence electrons. The Morgan fingerprint density at radius 2 is 1.64 bits per heavy atom. The van der Waals surface area contributed by atoms with Gasteiger partial charge in [0.1, 0.15) is 29.9 Å². The molecule has 2 aliphatic heterocycles. The molecule has 36 heavy (non-hydrogen) atoms. The van der Waals surface area contributed by atoms with Crippen LogP contribution in [-0.4, -0.2) is 65.3 Å². The molecule has 0 aromatic carbocycles. The third kappa shape index (κ3) is 8.88. The maximum Gasteiger partial charge on any atom is 0.329 e. The number of allylic oxidation sites excluding steroid dienone is 2. The second-order valence-electron chi connectivity index (χ2n) is 9.24. The van der Waals surface area contributed by atoms with Crippen LogP contribution in [0.1, 0.15) is 47.5 Å². The fourth-order valence-corrected chi connectivity index (χ4v) is 5.66. The summed E-state index contributed by atoms with van der Waals surface area (Å²) in [6.45, 7) is 8.66. The van der Waals surface area contributed by atoms with Crippen molar-refractivity contribution in [3.8, 4) is 0 Å². The number of fused-ring (bicyclic) bond motifs is 7. The van der Waals surface area contributed by atoms with Crippen molar-refractivity contribution in [1.82, 2.24) is 21.3 Å². The number of ether oxygens (including phenoxy) is 1. The molecule has 2 heterocycles. The number of esters is 1. The molecular formula is C24H36N4O6S2. The van der Waals surface area contributed by atoms with Crippen LogP contribution in [0.25, 0.3) is 0 Å².